The van der Waals surface area contributed by atoms with E-state index in [2.05, 4.69) is 32.9 Å². The maximum Gasteiger partial charge on any atom is 0.256 e. The number of nitrogens with zero attached hydrogens (tertiary/aromatic N) is 1. The molecule has 0 radical (unpaired) electrons. The van der Waals surface area contributed by atoms with Gasteiger partial charge in [0.1, 0.15) is 0 Å². The highest BCUT2D eigenvalue weighted by atomic mass is 127. The molecule has 4 nitrogen and oxygen atoms in total. The molecule has 19 heavy (non-hydrogen) atoms. The highest BCUT2D eigenvalue weighted by Gasteiger charge is 2.09. The topological polar surface area (TPSA) is 51.2 Å². The minimum atomic E-state index is -0.143. The van der Waals surface area contributed by atoms with Crippen molar-refractivity contribution in [2.24, 2.45) is 0 Å². The van der Waals surface area contributed by atoms with Gasteiger partial charge in [0.15, 0.2) is 0 Å². The molecule has 2 aromatic rings. The summed E-state index contributed by atoms with van der Waals surface area (Å²) in [4.78, 5) is 16.2. The monoisotopic (exact) mass is 368 g/mol. The van der Waals surface area contributed by atoms with Crippen molar-refractivity contribution in [2.45, 2.75) is 6.92 Å². The molecule has 1 aromatic carbocycles. The second-order valence-electron chi connectivity index (χ2n) is 3.75. The number of carbonyl (C=O) groups is 1. The first kappa shape index (κ1) is 13.8. The number of aromatic nitrogens is 1. The van der Waals surface area contributed by atoms with Crippen LogP contribution in [0.1, 0.15) is 17.3 Å². The highest BCUT2D eigenvalue weighted by molar-refractivity contribution is 14.1. The molecule has 1 heterocycles. The maximum atomic E-state index is 12.1. The zero-order valence-corrected chi connectivity index (χ0v) is 12.5. The van der Waals surface area contributed by atoms with E-state index < -0.39 is 0 Å². The van der Waals surface area contributed by atoms with Crippen molar-refractivity contribution in [1.29, 1.82) is 0 Å². The van der Waals surface area contributed by atoms with Gasteiger partial charge in [-0.2, -0.15) is 0 Å². The number of rotatable bonds is 4. The molecule has 1 N–H and O–H groups in total. The summed E-state index contributed by atoms with van der Waals surface area (Å²) in [6, 6.07) is 10.9. The maximum absolute atomic E-state index is 12.1. The van der Waals surface area contributed by atoms with E-state index in [4.69, 9.17) is 4.74 Å². The Labute approximate surface area is 125 Å². The number of ether oxygens (including phenoxy) is 1. The second kappa shape index (κ2) is 6.51. The Bertz CT molecular complexity index is 570. The lowest BCUT2D eigenvalue weighted by Crippen LogP contribution is -2.13. The van der Waals surface area contributed by atoms with Crippen molar-refractivity contribution in [3.05, 3.63) is 51.7 Å². The molecular weight excluding hydrogens is 355 g/mol. The van der Waals surface area contributed by atoms with Gasteiger partial charge < -0.3 is 10.1 Å². The van der Waals surface area contributed by atoms with Gasteiger partial charge in [0.25, 0.3) is 5.91 Å². The number of benzene rings is 1. The molecule has 0 saturated carbocycles. The molecule has 1 aromatic heterocycles. The average Bonchev–Trinajstić information content (AvgIpc) is 2.42. The van der Waals surface area contributed by atoms with Crippen molar-refractivity contribution in [3.63, 3.8) is 0 Å². The summed E-state index contributed by atoms with van der Waals surface area (Å²) in [7, 11) is 0. The first-order valence-electron chi connectivity index (χ1n) is 5.85. The van der Waals surface area contributed by atoms with E-state index in [-0.39, 0.29) is 5.91 Å². The molecule has 1 amide bonds. The van der Waals surface area contributed by atoms with Crippen LogP contribution < -0.4 is 10.1 Å². The third kappa shape index (κ3) is 3.66. The number of hydrogen-bond acceptors (Lipinski definition) is 3. The first-order chi connectivity index (χ1) is 9.20. The summed E-state index contributed by atoms with van der Waals surface area (Å²) in [6.07, 6.45) is 1.58. The first-order valence-corrected chi connectivity index (χ1v) is 6.93. The Morgan fingerprint density at radius 1 is 1.32 bits per heavy atom. The number of hydrogen-bond donors (Lipinski definition) is 1. The number of amides is 1. The smallest absolute Gasteiger partial charge is 0.256 e. The molecule has 0 bridgehead atoms. The lowest BCUT2D eigenvalue weighted by molar-refractivity contribution is 0.102. The van der Waals surface area contributed by atoms with Crippen molar-refractivity contribution in [2.75, 3.05) is 11.9 Å². The van der Waals surface area contributed by atoms with Gasteiger partial charge in [-0.1, -0.05) is 12.1 Å². The summed E-state index contributed by atoms with van der Waals surface area (Å²) < 4.78 is 6.16. The van der Waals surface area contributed by atoms with Crippen LogP contribution in [-0.4, -0.2) is 17.5 Å². The summed E-state index contributed by atoms with van der Waals surface area (Å²) in [5, 5.41) is 2.81. The average molecular weight is 368 g/mol. The van der Waals surface area contributed by atoms with Gasteiger partial charge in [-0.05, 0) is 47.7 Å². The molecule has 0 aliphatic carbocycles. The molecule has 0 aliphatic rings. The molecule has 0 fully saturated rings. The minimum absolute atomic E-state index is 0.143. The van der Waals surface area contributed by atoms with E-state index in [1.54, 1.807) is 24.4 Å². The second-order valence-corrected chi connectivity index (χ2v) is 4.91. The van der Waals surface area contributed by atoms with Crippen molar-refractivity contribution < 1.29 is 9.53 Å². The van der Waals surface area contributed by atoms with Crippen LogP contribution in [0.25, 0.3) is 0 Å². The Kier molecular flexibility index (Phi) is 4.73. The molecule has 0 saturated heterocycles. The van der Waals surface area contributed by atoms with Gasteiger partial charge in [-0.15, -0.1) is 0 Å². The Morgan fingerprint density at radius 2 is 2.11 bits per heavy atom. The van der Waals surface area contributed by atoms with Crippen LogP contribution in [0.15, 0.2) is 42.6 Å². The number of anilines is 1. The summed E-state index contributed by atoms with van der Waals surface area (Å²) in [5.74, 6) is 0.408. The molecule has 0 unspecified atom stereocenters. The SMILES string of the molecule is CCOc1ccc(NC(=O)c2ccccc2I)cn1. The van der Waals surface area contributed by atoms with Gasteiger partial charge in [-0.3, -0.25) is 4.79 Å². The third-order valence-electron chi connectivity index (χ3n) is 2.40. The van der Waals surface area contributed by atoms with Crippen LogP contribution in [0.5, 0.6) is 5.88 Å². The standard InChI is InChI=1S/C14H13IN2O2/c1-2-19-13-8-7-10(9-16-13)17-14(18)11-5-3-4-6-12(11)15/h3-9H,2H2,1H3,(H,17,18). The fourth-order valence-corrected chi connectivity index (χ4v) is 2.16. The van der Waals surface area contributed by atoms with Crippen LogP contribution >= 0.6 is 22.6 Å². The fourth-order valence-electron chi connectivity index (χ4n) is 1.53. The summed E-state index contributed by atoms with van der Waals surface area (Å²) >= 11 is 2.14. The Morgan fingerprint density at radius 3 is 2.74 bits per heavy atom. The summed E-state index contributed by atoms with van der Waals surface area (Å²) in [5.41, 5.74) is 1.30. The van der Waals surface area contributed by atoms with E-state index in [0.29, 0.717) is 23.7 Å². The molecule has 98 valence electrons. The van der Waals surface area contributed by atoms with Gasteiger partial charge in [0.2, 0.25) is 5.88 Å². The molecule has 0 spiro atoms. The number of carbonyl (C=O) groups excluding carboxylic acids is 1. The van der Waals surface area contributed by atoms with Crippen LogP contribution in [0, 0.1) is 3.57 Å². The van der Waals surface area contributed by atoms with Gasteiger partial charge >= 0.3 is 0 Å². The van der Waals surface area contributed by atoms with Crippen LogP contribution in [0.4, 0.5) is 5.69 Å². The number of halogens is 1. The predicted molar refractivity (Wildman–Crippen MR) is 82.5 cm³/mol. The van der Waals surface area contributed by atoms with Crippen molar-refractivity contribution in [1.82, 2.24) is 4.98 Å². The molecular formula is C14H13IN2O2. The lowest BCUT2D eigenvalue weighted by Gasteiger charge is -2.07. The van der Waals surface area contributed by atoms with E-state index >= 15 is 0 Å². The van der Waals surface area contributed by atoms with Crippen LogP contribution in [0.3, 0.4) is 0 Å². The molecule has 2 rings (SSSR count). The minimum Gasteiger partial charge on any atom is -0.478 e. The Balaban J connectivity index is 2.09. The molecule has 0 atom stereocenters. The predicted octanol–water partition coefficient (Wildman–Crippen LogP) is 3.34. The molecule has 5 heteroatoms. The zero-order chi connectivity index (χ0) is 13.7. The normalized spacial score (nSPS) is 10.0. The quantitative estimate of drug-likeness (QED) is 0.843. The Hall–Kier alpha value is -1.63. The van der Waals surface area contributed by atoms with Crippen molar-refractivity contribution in [3.8, 4) is 5.88 Å². The van der Waals surface area contributed by atoms with Gasteiger partial charge in [0.05, 0.1) is 24.1 Å². The van der Waals surface area contributed by atoms with E-state index in [1.165, 1.54) is 0 Å². The van der Waals surface area contributed by atoms with E-state index in [1.807, 2.05) is 25.1 Å². The summed E-state index contributed by atoms with van der Waals surface area (Å²) in [6.45, 7) is 2.47. The lowest BCUT2D eigenvalue weighted by atomic mass is 10.2. The third-order valence-corrected chi connectivity index (χ3v) is 3.35. The zero-order valence-electron chi connectivity index (χ0n) is 10.4. The number of nitrogens with one attached hydrogen (secondary N) is 1. The van der Waals surface area contributed by atoms with E-state index in [9.17, 15) is 4.79 Å². The van der Waals surface area contributed by atoms with Gasteiger partial charge in [0, 0.05) is 9.64 Å². The fraction of sp³-hybridized carbons (Fsp3) is 0.143. The number of pyridine rings is 1. The van der Waals surface area contributed by atoms with Gasteiger partial charge in [-0.25, -0.2) is 4.98 Å². The van der Waals surface area contributed by atoms with Crippen LogP contribution in [0.2, 0.25) is 0 Å². The van der Waals surface area contributed by atoms with Crippen LogP contribution in [-0.2, 0) is 0 Å². The van der Waals surface area contributed by atoms with E-state index in [0.717, 1.165) is 3.57 Å². The molecule has 0 aliphatic heterocycles. The van der Waals surface area contributed by atoms with Crippen molar-refractivity contribution >= 4 is 34.2 Å². The largest absolute Gasteiger partial charge is 0.478 e. The highest BCUT2D eigenvalue weighted by Crippen LogP contribution is 2.15.